The predicted molar refractivity (Wildman–Crippen MR) is 125 cm³/mol. The summed E-state index contributed by atoms with van der Waals surface area (Å²) in [5, 5.41) is 6.70. The predicted octanol–water partition coefficient (Wildman–Crippen LogP) is 4.98. The number of thiophene rings is 1. The van der Waals surface area contributed by atoms with E-state index < -0.39 is 11.9 Å². The van der Waals surface area contributed by atoms with Crippen molar-refractivity contribution in [3.63, 3.8) is 0 Å². The number of benzene rings is 1. The van der Waals surface area contributed by atoms with Crippen LogP contribution in [-0.4, -0.2) is 37.5 Å². The smallest absolute Gasteiger partial charge is 0.324 e. The molecular formula is C22H29ClN4O2S. The van der Waals surface area contributed by atoms with E-state index in [0.717, 1.165) is 49.1 Å². The number of nitrogens with two attached hydrogens (primary N) is 1. The Morgan fingerprint density at radius 3 is 2.57 bits per heavy atom. The van der Waals surface area contributed by atoms with Crippen LogP contribution in [0.25, 0.3) is 0 Å². The van der Waals surface area contributed by atoms with Gasteiger partial charge in [-0.1, -0.05) is 18.5 Å². The number of nitrogens with zero attached hydrogens (tertiary/aromatic N) is 1. The number of hydrogen-bond donors (Lipinski definition) is 3. The van der Waals surface area contributed by atoms with Crippen molar-refractivity contribution in [1.82, 2.24) is 4.90 Å². The number of carbonyl (C=O) groups excluding carboxylic acids is 2. The molecule has 8 heteroatoms. The largest absolute Gasteiger partial charge is 0.365 e. The fourth-order valence-electron chi connectivity index (χ4n) is 4.01. The molecule has 0 saturated carbocycles. The van der Waals surface area contributed by atoms with Gasteiger partial charge in [0.05, 0.1) is 5.56 Å². The van der Waals surface area contributed by atoms with Crippen LogP contribution in [0.1, 0.15) is 47.0 Å². The number of amides is 3. The molecule has 1 aliphatic rings. The van der Waals surface area contributed by atoms with Crippen LogP contribution in [0, 0.1) is 5.41 Å². The summed E-state index contributed by atoms with van der Waals surface area (Å²) >= 11 is 7.35. The maximum atomic E-state index is 12.5. The average molecular weight is 449 g/mol. The normalized spacial score (nSPS) is 18.2. The Bertz CT molecular complexity index is 926. The molecule has 1 unspecified atom stereocenters. The van der Waals surface area contributed by atoms with Crippen molar-refractivity contribution in [3.05, 3.63) is 45.3 Å². The van der Waals surface area contributed by atoms with Crippen LogP contribution >= 0.6 is 22.9 Å². The Kier molecular flexibility index (Phi) is 7.06. The molecule has 162 valence electrons. The summed E-state index contributed by atoms with van der Waals surface area (Å²) in [5.74, 6) is -0.495. The van der Waals surface area contributed by atoms with E-state index in [1.807, 2.05) is 0 Å². The zero-order chi connectivity index (χ0) is 21.9. The maximum absolute atomic E-state index is 12.5. The second-order valence-corrected chi connectivity index (χ2v) is 10.1. The Morgan fingerprint density at radius 2 is 1.93 bits per heavy atom. The number of hydrogen-bond acceptors (Lipinski definition) is 4. The third-order valence-corrected chi connectivity index (χ3v) is 7.02. The first-order chi connectivity index (χ1) is 14.2. The van der Waals surface area contributed by atoms with Gasteiger partial charge in [0.15, 0.2) is 0 Å². The van der Waals surface area contributed by atoms with E-state index in [1.165, 1.54) is 11.3 Å². The molecule has 4 N–H and O–H groups in total. The molecule has 0 saturated heterocycles. The summed E-state index contributed by atoms with van der Waals surface area (Å²) in [6, 6.07) is 6.43. The first-order valence-corrected chi connectivity index (χ1v) is 11.3. The summed E-state index contributed by atoms with van der Waals surface area (Å²) in [5.41, 5.74) is 7.96. The Morgan fingerprint density at radius 1 is 1.23 bits per heavy atom. The van der Waals surface area contributed by atoms with E-state index in [0.29, 0.717) is 21.3 Å². The molecule has 1 atom stereocenters. The van der Waals surface area contributed by atoms with Crippen molar-refractivity contribution in [2.45, 2.75) is 39.0 Å². The zero-order valence-electron chi connectivity index (χ0n) is 17.7. The minimum absolute atomic E-state index is 0.200. The van der Waals surface area contributed by atoms with Crippen LogP contribution in [0.15, 0.2) is 24.3 Å². The van der Waals surface area contributed by atoms with Crippen molar-refractivity contribution in [1.29, 1.82) is 0 Å². The van der Waals surface area contributed by atoms with Gasteiger partial charge in [-0.15, -0.1) is 11.3 Å². The fraction of sp³-hybridized carbons (Fsp3) is 0.455. The van der Waals surface area contributed by atoms with E-state index in [1.54, 1.807) is 24.3 Å². The SMILES string of the molecule is CN(C)CCCC1(C)CCc2c(sc(NC(=O)Nc3ccc(Cl)cc3)c2C(N)=O)C1. The number of halogens is 1. The molecule has 1 heterocycles. The standard InChI is InChI=1S/C22H29ClN4O2S/c1-22(10-4-12-27(2)3)11-9-16-17(13-22)30-20(18(16)19(24)28)26-21(29)25-15-7-5-14(23)6-8-15/h5-8H,4,9-13H2,1-3H3,(H2,24,28)(H2,25,26,29). The van der Waals surface area contributed by atoms with E-state index in [-0.39, 0.29) is 5.41 Å². The molecule has 3 rings (SSSR count). The molecule has 0 fully saturated rings. The zero-order valence-corrected chi connectivity index (χ0v) is 19.3. The van der Waals surface area contributed by atoms with Crippen LogP contribution in [0.4, 0.5) is 15.5 Å². The van der Waals surface area contributed by atoms with Crippen molar-refractivity contribution in [2.75, 3.05) is 31.3 Å². The highest BCUT2D eigenvalue weighted by atomic mass is 35.5. The van der Waals surface area contributed by atoms with Gasteiger partial charge in [-0.2, -0.15) is 0 Å². The molecule has 30 heavy (non-hydrogen) atoms. The molecule has 2 aromatic rings. The minimum Gasteiger partial charge on any atom is -0.365 e. The fourth-order valence-corrected chi connectivity index (χ4v) is 5.59. The third-order valence-electron chi connectivity index (χ3n) is 5.62. The van der Waals surface area contributed by atoms with Crippen molar-refractivity contribution < 1.29 is 9.59 Å². The molecule has 6 nitrogen and oxygen atoms in total. The van der Waals surface area contributed by atoms with Crippen molar-refractivity contribution >= 4 is 45.6 Å². The van der Waals surface area contributed by atoms with Gasteiger partial charge in [-0.05, 0) is 88.0 Å². The second kappa shape index (κ2) is 9.37. The number of nitrogens with one attached hydrogen (secondary N) is 2. The Balaban J connectivity index is 1.74. The summed E-state index contributed by atoms with van der Waals surface area (Å²) in [7, 11) is 4.18. The van der Waals surface area contributed by atoms with Crippen molar-refractivity contribution in [2.24, 2.45) is 11.1 Å². The third kappa shape index (κ3) is 5.53. The lowest BCUT2D eigenvalue weighted by Crippen LogP contribution is -2.27. The van der Waals surface area contributed by atoms with Gasteiger partial charge in [0.25, 0.3) is 5.91 Å². The number of anilines is 2. The lowest BCUT2D eigenvalue weighted by Gasteiger charge is -2.34. The number of urea groups is 1. The molecule has 0 bridgehead atoms. The highest BCUT2D eigenvalue weighted by Gasteiger charge is 2.34. The highest BCUT2D eigenvalue weighted by Crippen LogP contribution is 2.45. The Hall–Kier alpha value is -2.09. The summed E-state index contributed by atoms with van der Waals surface area (Å²) in [6.07, 6.45) is 5.00. The highest BCUT2D eigenvalue weighted by molar-refractivity contribution is 7.17. The van der Waals surface area contributed by atoms with Gasteiger partial charge in [-0.3, -0.25) is 10.1 Å². The lowest BCUT2D eigenvalue weighted by atomic mass is 9.72. The van der Waals surface area contributed by atoms with Gasteiger partial charge in [0.1, 0.15) is 5.00 Å². The molecule has 3 amide bonds. The van der Waals surface area contributed by atoms with Gasteiger partial charge in [-0.25, -0.2) is 4.79 Å². The van der Waals surface area contributed by atoms with Crippen LogP contribution in [0.2, 0.25) is 5.02 Å². The molecule has 0 spiro atoms. The topological polar surface area (TPSA) is 87.5 Å². The van der Waals surface area contributed by atoms with Crippen LogP contribution < -0.4 is 16.4 Å². The summed E-state index contributed by atoms with van der Waals surface area (Å²) in [6.45, 7) is 3.38. The molecular weight excluding hydrogens is 420 g/mol. The minimum atomic E-state index is -0.495. The molecule has 1 aromatic carbocycles. The molecule has 0 radical (unpaired) electrons. The molecule has 1 aromatic heterocycles. The Labute approximate surface area is 186 Å². The quantitative estimate of drug-likeness (QED) is 0.558. The van der Waals surface area contributed by atoms with Crippen molar-refractivity contribution in [3.8, 4) is 0 Å². The van der Waals surface area contributed by atoms with Gasteiger partial charge in [0.2, 0.25) is 0 Å². The number of primary amides is 1. The van der Waals surface area contributed by atoms with Crippen LogP contribution in [0.5, 0.6) is 0 Å². The van der Waals surface area contributed by atoms with Gasteiger partial charge < -0.3 is 16.0 Å². The number of fused-ring (bicyclic) bond motifs is 1. The molecule has 0 aliphatic heterocycles. The van der Waals surface area contributed by atoms with Crippen LogP contribution in [0.3, 0.4) is 0 Å². The van der Waals surface area contributed by atoms with E-state index in [2.05, 4.69) is 36.6 Å². The van der Waals surface area contributed by atoms with E-state index in [4.69, 9.17) is 17.3 Å². The number of rotatable bonds is 7. The first kappa shape index (κ1) is 22.6. The lowest BCUT2D eigenvalue weighted by molar-refractivity contribution is 0.0999. The van der Waals surface area contributed by atoms with E-state index in [9.17, 15) is 9.59 Å². The summed E-state index contributed by atoms with van der Waals surface area (Å²) < 4.78 is 0. The van der Waals surface area contributed by atoms with E-state index >= 15 is 0 Å². The average Bonchev–Trinajstić information content (AvgIpc) is 2.99. The van der Waals surface area contributed by atoms with Crippen LogP contribution in [-0.2, 0) is 12.8 Å². The van der Waals surface area contributed by atoms with Gasteiger partial charge in [0, 0.05) is 15.6 Å². The molecule has 1 aliphatic carbocycles. The number of carbonyl (C=O) groups is 2. The summed E-state index contributed by atoms with van der Waals surface area (Å²) in [4.78, 5) is 28.0. The first-order valence-electron chi connectivity index (χ1n) is 10.1. The second-order valence-electron chi connectivity index (χ2n) is 8.55. The maximum Gasteiger partial charge on any atom is 0.324 e. The monoisotopic (exact) mass is 448 g/mol. The van der Waals surface area contributed by atoms with Gasteiger partial charge >= 0.3 is 6.03 Å².